The highest BCUT2D eigenvalue weighted by Crippen LogP contribution is 2.28. The molecule has 0 bridgehead atoms. The van der Waals surface area contributed by atoms with Crippen LogP contribution in [-0.4, -0.2) is 36.3 Å². The number of amides is 1. The number of carbonyl (C=O) groups is 1. The second kappa shape index (κ2) is 8.79. The summed E-state index contributed by atoms with van der Waals surface area (Å²) in [6.45, 7) is 8.66. The molecule has 1 aromatic heterocycles. The van der Waals surface area contributed by atoms with Gasteiger partial charge in [0.2, 0.25) is 15.9 Å². The van der Waals surface area contributed by atoms with E-state index in [0.717, 1.165) is 17.5 Å². The van der Waals surface area contributed by atoms with E-state index in [0.29, 0.717) is 24.3 Å². The molecule has 1 N–H and O–H groups in total. The fourth-order valence-corrected chi connectivity index (χ4v) is 6.39. The number of anilines is 1. The number of nitrogens with one attached hydrogen (secondary N) is 1. The minimum absolute atomic E-state index is 0.0805. The molecule has 1 aliphatic rings. The van der Waals surface area contributed by atoms with Crippen LogP contribution in [0.5, 0.6) is 0 Å². The van der Waals surface area contributed by atoms with Crippen LogP contribution in [0.4, 0.5) is 5.69 Å². The van der Waals surface area contributed by atoms with Crippen molar-refractivity contribution in [2.75, 3.05) is 18.4 Å². The first-order valence-corrected chi connectivity index (χ1v) is 12.5. The van der Waals surface area contributed by atoms with E-state index in [1.807, 2.05) is 45.9 Å². The number of rotatable bonds is 5. The van der Waals surface area contributed by atoms with Crippen LogP contribution in [0.1, 0.15) is 31.4 Å². The van der Waals surface area contributed by atoms with Gasteiger partial charge in [0, 0.05) is 24.8 Å². The molecular weight excluding hydrogens is 442 g/mol. The highest BCUT2D eigenvalue weighted by molar-refractivity contribution is 7.89. The molecule has 0 saturated carbocycles. The summed E-state index contributed by atoms with van der Waals surface area (Å²) in [7, 11) is -3.71. The van der Waals surface area contributed by atoms with Gasteiger partial charge >= 0.3 is 5.76 Å². The molecule has 2 atom stereocenters. The monoisotopic (exact) mass is 471 g/mol. The lowest BCUT2D eigenvalue weighted by Gasteiger charge is -2.34. The molecule has 0 aliphatic carbocycles. The molecule has 1 saturated heterocycles. The minimum atomic E-state index is -3.71. The van der Waals surface area contributed by atoms with Gasteiger partial charge in [-0.3, -0.25) is 9.36 Å². The zero-order chi connectivity index (χ0) is 23.9. The summed E-state index contributed by atoms with van der Waals surface area (Å²) < 4.78 is 34.4. The number of aryl methyl sites for hydroxylation is 2. The normalized spacial score (nSPS) is 19.6. The molecule has 1 amide bonds. The lowest BCUT2D eigenvalue weighted by Crippen LogP contribution is -2.42. The smallest absolute Gasteiger partial charge is 0.408 e. The molecule has 33 heavy (non-hydrogen) atoms. The summed E-state index contributed by atoms with van der Waals surface area (Å²) in [4.78, 5) is 25.1. The van der Waals surface area contributed by atoms with Gasteiger partial charge in [-0.2, -0.15) is 4.31 Å². The Morgan fingerprint density at radius 3 is 2.33 bits per heavy atom. The van der Waals surface area contributed by atoms with Crippen molar-refractivity contribution in [3.05, 3.63) is 58.1 Å². The van der Waals surface area contributed by atoms with Gasteiger partial charge < -0.3 is 9.73 Å². The van der Waals surface area contributed by atoms with E-state index in [1.54, 1.807) is 0 Å². The Hall–Kier alpha value is -2.91. The highest BCUT2D eigenvalue weighted by atomic mass is 32.2. The maximum Gasteiger partial charge on any atom is 0.420 e. The van der Waals surface area contributed by atoms with E-state index < -0.39 is 15.8 Å². The van der Waals surface area contributed by atoms with Crippen LogP contribution in [0.2, 0.25) is 0 Å². The Bertz CT molecular complexity index is 1340. The van der Waals surface area contributed by atoms with Crippen molar-refractivity contribution in [1.82, 2.24) is 8.87 Å². The van der Waals surface area contributed by atoms with Crippen LogP contribution in [0.25, 0.3) is 11.1 Å². The molecule has 0 unspecified atom stereocenters. The number of piperidine rings is 1. The lowest BCUT2D eigenvalue weighted by molar-refractivity contribution is -0.116. The van der Waals surface area contributed by atoms with Crippen LogP contribution < -0.4 is 11.1 Å². The molecule has 1 aliphatic heterocycles. The van der Waals surface area contributed by atoms with E-state index >= 15 is 0 Å². The number of sulfonamides is 1. The maximum atomic E-state index is 13.2. The van der Waals surface area contributed by atoms with E-state index in [-0.39, 0.29) is 34.8 Å². The summed E-state index contributed by atoms with van der Waals surface area (Å²) in [5.41, 5.74) is 3.19. The van der Waals surface area contributed by atoms with Gasteiger partial charge in [0.15, 0.2) is 5.58 Å². The van der Waals surface area contributed by atoms with E-state index in [4.69, 9.17) is 4.42 Å². The summed E-state index contributed by atoms with van der Waals surface area (Å²) in [6, 6.07) is 10.1. The number of carbonyl (C=O) groups excluding carboxylic acids is 1. The van der Waals surface area contributed by atoms with E-state index in [1.165, 1.54) is 27.1 Å². The summed E-state index contributed by atoms with van der Waals surface area (Å²) in [5, 5.41) is 2.80. The molecule has 176 valence electrons. The molecule has 8 nitrogen and oxygen atoms in total. The van der Waals surface area contributed by atoms with Crippen molar-refractivity contribution < 1.29 is 17.6 Å². The number of hydrogen-bond acceptors (Lipinski definition) is 5. The molecule has 2 aromatic carbocycles. The first-order chi connectivity index (χ1) is 15.5. The van der Waals surface area contributed by atoms with Crippen LogP contribution >= 0.6 is 0 Å². The van der Waals surface area contributed by atoms with Crippen LogP contribution in [-0.2, 0) is 21.4 Å². The van der Waals surface area contributed by atoms with Gasteiger partial charge in [-0.25, -0.2) is 13.2 Å². The number of hydrogen-bond donors (Lipinski definition) is 1. The third-order valence-corrected chi connectivity index (χ3v) is 7.75. The van der Waals surface area contributed by atoms with Gasteiger partial charge in [-0.15, -0.1) is 0 Å². The van der Waals surface area contributed by atoms with Crippen molar-refractivity contribution in [2.24, 2.45) is 11.8 Å². The van der Waals surface area contributed by atoms with Gasteiger partial charge in [-0.1, -0.05) is 19.9 Å². The topological polar surface area (TPSA) is 102 Å². The predicted molar refractivity (Wildman–Crippen MR) is 127 cm³/mol. The van der Waals surface area contributed by atoms with Gasteiger partial charge in [0.25, 0.3) is 0 Å². The average Bonchev–Trinajstić information content (AvgIpc) is 3.00. The quantitative estimate of drug-likeness (QED) is 0.614. The van der Waals surface area contributed by atoms with Crippen molar-refractivity contribution in [1.29, 1.82) is 0 Å². The standard InChI is InChI=1S/C24H29N3O5S/c1-15-7-16(2)10-19(9-15)25-23(28)14-27-21-6-5-20(11-22(21)32-24(27)29)33(30,31)26-12-17(3)8-18(4)13-26/h5-7,9-11,17-18H,8,12-14H2,1-4H3,(H,25,28)/t17-,18-/m1/s1. The SMILES string of the molecule is Cc1cc(C)cc(NC(=O)Cn2c(=O)oc3cc(S(=O)(=O)N4C[C@H](C)C[C@@H](C)C4)ccc32)c1. The number of fused-ring (bicyclic) bond motifs is 1. The van der Waals surface area contributed by atoms with Crippen molar-refractivity contribution in [3.8, 4) is 0 Å². The summed E-state index contributed by atoms with van der Waals surface area (Å²) in [6.07, 6.45) is 0.993. The first kappa shape index (κ1) is 23.3. The first-order valence-electron chi connectivity index (χ1n) is 11.0. The molecule has 3 aromatic rings. The highest BCUT2D eigenvalue weighted by Gasteiger charge is 2.32. The van der Waals surface area contributed by atoms with E-state index in [2.05, 4.69) is 5.32 Å². The summed E-state index contributed by atoms with van der Waals surface area (Å²) in [5.74, 6) is -0.530. The predicted octanol–water partition coefficient (Wildman–Crippen LogP) is 3.52. The van der Waals surface area contributed by atoms with Crippen LogP contribution in [0, 0.1) is 25.7 Å². The van der Waals surface area contributed by atoms with Gasteiger partial charge in [-0.05, 0) is 67.5 Å². The molecular formula is C24H29N3O5S. The fraction of sp³-hybridized carbons (Fsp3) is 0.417. The lowest BCUT2D eigenvalue weighted by atomic mass is 9.94. The third-order valence-electron chi connectivity index (χ3n) is 5.92. The number of benzene rings is 2. The summed E-state index contributed by atoms with van der Waals surface area (Å²) >= 11 is 0. The van der Waals surface area contributed by atoms with Crippen LogP contribution in [0.15, 0.2) is 50.5 Å². The molecule has 9 heteroatoms. The third kappa shape index (κ3) is 4.89. The van der Waals surface area contributed by atoms with Crippen LogP contribution in [0.3, 0.4) is 0 Å². The van der Waals surface area contributed by atoms with E-state index in [9.17, 15) is 18.0 Å². The zero-order valence-electron chi connectivity index (χ0n) is 19.3. The second-order valence-electron chi connectivity index (χ2n) is 9.28. The Morgan fingerprint density at radius 2 is 1.70 bits per heavy atom. The fourth-order valence-electron chi connectivity index (χ4n) is 4.70. The maximum absolute atomic E-state index is 13.2. The van der Waals surface area contributed by atoms with Gasteiger partial charge in [0.05, 0.1) is 10.4 Å². The van der Waals surface area contributed by atoms with Crippen molar-refractivity contribution in [2.45, 2.75) is 45.6 Å². The molecule has 0 spiro atoms. The molecule has 4 rings (SSSR count). The van der Waals surface area contributed by atoms with Crippen molar-refractivity contribution in [3.63, 3.8) is 0 Å². The number of nitrogens with zero attached hydrogens (tertiary/aromatic N) is 2. The Kier molecular flexibility index (Phi) is 6.20. The van der Waals surface area contributed by atoms with Gasteiger partial charge in [0.1, 0.15) is 6.54 Å². The van der Waals surface area contributed by atoms with Crippen molar-refractivity contribution >= 4 is 32.7 Å². The Morgan fingerprint density at radius 1 is 1.06 bits per heavy atom. The number of aromatic nitrogens is 1. The number of oxazole rings is 1. The Balaban J connectivity index is 1.59. The minimum Gasteiger partial charge on any atom is -0.408 e. The second-order valence-corrected chi connectivity index (χ2v) is 11.2. The average molecular weight is 472 g/mol. The Labute approximate surface area is 193 Å². The molecule has 1 fully saturated rings. The largest absolute Gasteiger partial charge is 0.420 e. The zero-order valence-corrected chi connectivity index (χ0v) is 20.1. The molecule has 2 heterocycles. The molecule has 0 radical (unpaired) electrons.